The van der Waals surface area contributed by atoms with Gasteiger partial charge >= 0.3 is 0 Å². The van der Waals surface area contributed by atoms with E-state index in [0.717, 1.165) is 11.1 Å². The van der Waals surface area contributed by atoms with Crippen LogP contribution in [-0.4, -0.2) is 11.8 Å². The molecule has 2 N–H and O–H groups in total. The lowest BCUT2D eigenvalue weighted by Gasteiger charge is -2.12. The van der Waals surface area contributed by atoms with E-state index in [2.05, 4.69) is 10.6 Å². The fourth-order valence-electron chi connectivity index (χ4n) is 2.75. The Morgan fingerprint density at radius 1 is 0.821 bits per heavy atom. The Hall–Kier alpha value is -3.66. The normalized spacial score (nSPS) is 11.0. The second-order valence-electron chi connectivity index (χ2n) is 6.41. The average Bonchev–Trinajstić information content (AvgIpc) is 2.74. The van der Waals surface area contributed by atoms with Crippen molar-refractivity contribution >= 4 is 23.6 Å². The molecule has 0 atom stereocenters. The Morgan fingerprint density at radius 2 is 1.43 bits per heavy atom. The molecule has 0 aliphatic rings. The van der Waals surface area contributed by atoms with Crippen LogP contribution in [0.5, 0.6) is 0 Å². The molecule has 0 bridgehead atoms. The highest BCUT2D eigenvalue weighted by Gasteiger charge is 2.13. The molecule has 0 aliphatic carbocycles. The minimum Gasteiger partial charge on any atom is -0.348 e. The van der Waals surface area contributed by atoms with E-state index in [1.807, 2.05) is 66.7 Å². The standard InChI is InChI=1S/C24H22N2O2/c1-18(16-19-10-4-2-5-11-19)23(27)26-22-15-9-8-14-21(22)24(28)25-17-20-12-6-3-7-13-20/h2-16H,17H2,1H3,(H,25,28)(H,26,27). The topological polar surface area (TPSA) is 58.2 Å². The van der Waals surface area contributed by atoms with Crippen LogP contribution < -0.4 is 10.6 Å². The van der Waals surface area contributed by atoms with Gasteiger partial charge in [0.1, 0.15) is 0 Å². The summed E-state index contributed by atoms with van der Waals surface area (Å²) in [6, 6.07) is 26.3. The van der Waals surface area contributed by atoms with Crippen LogP contribution in [0, 0.1) is 0 Å². The molecule has 0 aliphatic heterocycles. The van der Waals surface area contributed by atoms with Crippen molar-refractivity contribution in [3.8, 4) is 0 Å². The third-order valence-electron chi connectivity index (χ3n) is 4.26. The first-order valence-electron chi connectivity index (χ1n) is 9.09. The minimum absolute atomic E-state index is 0.232. The van der Waals surface area contributed by atoms with E-state index in [-0.39, 0.29) is 11.8 Å². The molecule has 0 saturated carbocycles. The third kappa shape index (κ3) is 5.17. The van der Waals surface area contributed by atoms with E-state index in [9.17, 15) is 9.59 Å². The second-order valence-corrected chi connectivity index (χ2v) is 6.41. The number of hydrogen-bond donors (Lipinski definition) is 2. The highest BCUT2D eigenvalue weighted by Crippen LogP contribution is 2.17. The van der Waals surface area contributed by atoms with Crippen molar-refractivity contribution in [2.45, 2.75) is 13.5 Å². The number of anilines is 1. The van der Waals surface area contributed by atoms with E-state index in [1.165, 1.54) is 0 Å². The number of amides is 2. The van der Waals surface area contributed by atoms with E-state index >= 15 is 0 Å². The van der Waals surface area contributed by atoms with E-state index in [0.29, 0.717) is 23.4 Å². The van der Waals surface area contributed by atoms with E-state index in [1.54, 1.807) is 31.2 Å². The maximum Gasteiger partial charge on any atom is 0.253 e. The zero-order chi connectivity index (χ0) is 19.8. The maximum atomic E-state index is 12.6. The number of nitrogens with one attached hydrogen (secondary N) is 2. The number of carbonyl (C=O) groups is 2. The molecular weight excluding hydrogens is 348 g/mol. The van der Waals surface area contributed by atoms with Crippen LogP contribution in [0.3, 0.4) is 0 Å². The van der Waals surface area contributed by atoms with Crippen molar-refractivity contribution in [1.82, 2.24) is 5.32 Å². The van der Waals surface area contributed by atoms with Gasteiger partial charge < -0.3 is 10.6 Å². The maximum absolute atomic E-state index is 12.6. The third-order valence-corrected chi connectivity index (χ3v) is 4.26. The molecule has 3 aromatic carbocycles. The summed E-state index contributed by atoms with van der Waals surface area (Å²) in [4.78, 5) is 25.2. The lowest BCUT2D eigenvalue weighted by molar-refractivity contribution is -0.112. The first-order valence-corrected chi connectivity index (χ1v) is 9.09. The molecule has 0 unspecified atom stereocenters. The number of rotatable bonds is 6. The van der Waals surface area contributed by atoms with E-state index < -0.39 is 0 Å². The predicted octanol–water partition coefficient (Wildman–Crippen LogP) is 4.66. The van der Waals surface area contributed by atoms with Crippen molar-refractivity contribution < 1.29 is 9.59 Å². The van der Waals surface area contributed by atoms with Crippen LogP contribution in [0.25, 0.3) is 6.08 Å². The molecule has 4 nitrogen and oxygen atoms in total. The van der Waals surface area contributed by atoms with Crippen molar-refractivity contribution in [2.24, 2.45) is 0 Å². The highest BCUT2D eigenvalue weighted by molar-refractivity contribution is 6.10. The summed E-state index contributed by atoms with van der Waals surface area (Å²) in [5.41, 5.74) is 3.44. The van der Waals surface area contributed by atoms with Gasteiger partial charge in [0.05, 0.1) is 11.3 Å². The smallest absolute Gasteiger partial charge is 0.253 e. The molecule has 0 heterocycles. The van der Waals surface area contributed by atoms with Gasteiger partial charge in [-0.1, -0.05) is 72.8 Å². The quantitative estimate of drug-likeness (QED) is 0.620. The Kier molecular flexibility index (Phi) is 6.37. The lowest BCUT2D eigenvalue weighted by atomic mass is 10.1. The predicted molar refractivity (Wildman–Crippen MR) is 113 cm³/mol. The molecule has 0 radical (unpaired) electrons. The van der Waals surface area contributed by atoms with Crippen LogP contribution in [-0.2, 0) is 11.3 Å². The van der Waals surface area contributed by atoms with Crippen LogP contribution >= 0.6 is 0 Å². The number of para-hydroxylation sites is 1. The van der Waals surface area contributed by atoms with Gasteiger partial charge in [-0.05, 0) is 36.3 Å². The van der Waals surface area contributed by atoms with E-state index in [4.69, 9.17) is 0 Å². The van der Waals surface area contributed by atoms with Gasteiger partial charge in [0.2, 0.25) is 0 Å². The zero-order valence-electron chi connectivity index (χ0n) is 15.7. The first-order chi connectivity index (χ1) is 13.6. The molecule has 4 heteroatoms. The molecule has 0 spiro atoms. The van der Waals surface area contributed by atoms with Crippen LogP contribution in [0.15, 0.2) is 90.5 Å². The molecule has 2 amide bonds. The molecule has 3 aromatic rings. The minimum atomic E-state index is -0.243. The van der Waals surface area contributed by atoms with Crippen LogP contribution in [0.4, 0.5) is 5.69 Å². The summed E-state index contributed by atoms with van der Waals surface area (Å²) in [6.45, 7) is 2.18. The van der Waals surface area contributed by atoms with Gasteiger partial charge in [-0.15, -0.1) is 0 Å². The summed E-state index contributed by atoms with van der Waals surface area (Å²) in [6.07, 6.45) is 1.81. The molecular formula is C24H22N2O2. The van der Waals surface area contributed by atoms with Crippen molar-refractivity contribution in [2.75, 3.05) is 5.32 Å². The number of carbonyl (C=O) groups excluding carboxylic acids is 2. The Bertz CT molecular complexity index is 980. The van der Waals surface area contributed by atoms with Gasteiger partial charge in [0.25, 0.3) is 11.8 Å². The summed E-state index contributed by atoms with van der Waals surface area (Å²) in [7, 11) is 0. The second kappa shape index (κ2) is 9.33. The largest absolute Gasteiger partial charge is 0.348 e. The highest BCUT2D eigenvalue weighted by atomic mass is 16.2. The monoisotopic (exact) mass is 370 g/mol. The SMILES string of the molecule is CC(=Cc1ccccc1)C(=O)Nc1ccccc1C(=O)NCc1ccccc1. The number of hydrogen-bond acceptors (Lipinski definition) is 2. The molecule has 0 aromatic heterocycles. The van der Waals surface area contributed by atoms with Crippen molar-refractivity contribution in [1.29, 1.82) is 0 Å². The zero-order valence-corrected chi connectivity index (χ0v) is 15.7. The van der Waals surface area contributed by atoms with Crippen LogP contribution in [0.1, 0.15) is 28.4 Å². The Labute approximate surface area is 164 Å². The fourth-order valence-corrected chi connectivity index (χ4v) is 2.75. The molecule has 28 heavy (non-hydrogen) atoms. The van der Waals surface area contributed by atoms with Gasteiger partial charge in [-0.2, -0.15) is 0 Å². The van der Waals surface area contributed by atoms with Crippen molar-refractivity contribution in [3.05, 3.63) is 107 Å². The van der Waals surface area contributed by atoms with Gasteiger partial charge in [-0.25, -0.2) is 0 Å². The van der Waals surface area contributed by atoms with Crippen LogP contribution in [0.2, 0.25) is 0 Å². The number of benzene rings is 3. The van der Waals surface area contributed by atoms with Gasteiger partial charge in [-0.3, -0.25) is 9.59 Å². The Balaban J connectivity index is 1.70. The average molecular weight is 370 g/mol. The fraction of sp³-hybridized carbons (Fsp3) is 0.0833. The molecule has 0 fully saturated rings. The Morgan fingerprint density at radius 3 is 2.14 bits per heavy atom. The first kappa shape index (κ1) is 19.1. The summed E-state index contributed by atoms with van der Waals surface area (Å²) in [5, 5.41) is 5.73. The van der Waals surface area contributed by atoms with Gasteiger partial charge in [0, 0.05) is 12.1 Å². The summed E-state index contributed by atoms with van der Waals surface area (Å²) in [5.74, 6) is -0.475. The van der Waals surface area contributed by atoms with Crippen molar-refractivity contribution in [3.63, 3.8) is 0 Å². The lowest BCUT2D eigenvalue weighted by Crippen LogP contribution is -2.25. The van der Waals surface area contributed by atoms with Gasteiger partial charge in [0.15, 0.2) is 0 Å². The molecule has 0 saturated heterocycles. The molecule has 140 valence electrons. The summed E-state index contributed by atoms with van der Waals surface area (Å²) < 4.78 is 0. The summed E-state index contributed by atoms with van der Waals surface area (Å²) >= 11 is 0. The molecule has 3 rings (SSSR count).